The number of hydrogen-bond acceptors (Lipinski definition) is 3. The Morgan fingerprint density at radius 3 is 2.47 bits per heavy atom. The fraction of sp³-hybridized carbons (Fsp3) is 0.533. The molecule has 1 heterocycles. The van der Waals surface area contributed by atoms with Crippen LogP contribution in [0.5, 0.6) is 5.75 Å². The summed E-state index contributed by atoms with van der Waals surface area (Å²) in [5.74, 6) is 0.771. The maximum absolute atomic E-state index is 12.5. The molecule has 0 saturated carbocycles. The highest BCUT2D eigenvalue weighted by molar-refractivity contribution is 5.97. The van der Waals surface area contributed by atoms with Crippen LogP contribution in [0.25, 0.3) is 0 Å². The lowest BCUT2D eigenvalue weighted by Gasteiger charge is -2.34. The zero-order valence-electron chi connectivity index (χ0n) is 11.8. The molecule has 0 N–H and O–H groups in total. The first-order valence-electron chi connectivity index (χ1n) is 6.99. The average molecular weight is 262 g/mol. The minimum Gasteiger partial charge on any atom is -0.493 e. The maximum Gasteiger partial charge on any atom is 0.257 e. The zero-order valence-corrected chi connectivity index (χ0v) is 11.8. The van der Waals surface area contributed by atoms with Gasteiger partial charge in [-0.2, -0.15) is 0 Å². The number of likely N-dealkylation sites (N-methyl/N-ethyl adjacent to an activating group) is 1. The average Bonchev–Trinajstić information content (AvgIpc) is 2.47. The summed E-state index contributed by atoms with van der Waals surface area (Å²) in [4.78, 5) is 16.8. The van der Waals surface area contributed by atoms with Gasteiger partial charge in [0.25, 0.3) is 5.91 Å². The number of amides is 1. The van der Waals surface area contributed by atoms with E-state index < -0.39 is 0 Å². The van der Waals surface area contributed by atoms with Gasteiger partial charge in [-0.05, 0) is 25.6 Å². The van der Waals surface area contributed by atoms with Gasteiger partial charge in [-0.25, -0.2) is 0 Å². The van der Waals surface area contributed by atoms with Gasteiger partial charge in [-0.1, -0.05) is 19.1 Å². The lowest BCUT2D eigenvalue weighted by molar-refractivity contribution is 0.0639. The largest absolute Gasteiger partial charge is 0.493 e. The molecule has 2 rings (SSSR count). The van der Waals surface area contributed by atoms with Gasteiger partial charge in [0.05, 0.1) is 12.2 Å². The molecule has 1 aliphatic rings. The van der Waals surface area contributed by atoms with E-state index in [1.807, 2.05) is 36.1 Å². The summed E-state index contributed by atoms with van der Waals surface area (Å²) in [6, 6.07) is 7.49. The molecule has 0 aliphatic carbocycles. The Bertz CT molecular complexity index is 426. The molecule has 0 aromatic heterocycles. The molecule has 1 aromatic carbocycles. The Morgan fingerprint density at radius 2 is 1.84 bits per heavy atom. The molecule has 1 aliphatic heterocycles. The van der Waals surface area contributed by atoms with E-state index in [4.69, 9.17) is 4.74 Å². The van der Waals surface area contributed by atoms with Crippen molar-refractivity contribution < 1.29 is 9.53 Å². The fourth-order valence-corrected chi connectivity index (χ4v) is 2.36. The Balaban J connectivity index is 2.07. The first kappa shape index (κ1) is 13.9. The summed E-state index contributed by atoms with van der Waals surface area (Å²) >= 11 is 0. The molecule has 0 atom stereocenters. The number of benzene rings is 1. The summed E-state index contributed by atoms with van der Waals surface area (Å²) in [6.45, 7) is 9.23. The topological polar surface area (TPSA) is 32.8 Å². The molecule has 1 aromatic rings. The number of nitrogens with zero attached hydrogens (tertiary/aromatic N) is 2. The van der Waals surface area contributed by atoms with Crippen molar-refractivity contribution in [1.82, 2.24) is 9.80 Å². The van der Waals surface area contributed by atoms with E-state index in [1.54, 1.807) is 0 Å². The van der Waals surface area contributed by atoms with Crippen molar-refractivity contribution in [3.8, 4) is 5.75 Å². The second-order valence-electron chi connectivity index (χ2n) is 4.66. The molecule has 0 radical (unpaired) electrons. The molecule has 19 heavy (non-hydrogen) atoms. The molecule has 104 valence electrons. The molecule has 1 fully saturated rings. The van der Waals surface area contributed by atoms with Crippen LogP contribution in [0.15, 0.2) is 24.3 Å². The SMILES string of the molecule is CCOc1ccccc1C(=O)N1CCN(CC)CC1. The highest BCUT2D eigenvalue weighted by atomic mass is 16.5. The van der Waals surface area contributed by atoms with E-state index in [9.17, 15) is 4.79 Å². The fourth-order valence-electron chi connectivity index (χ4n) is 2.36. The molecular weight excluding hydrogens is 240 g/mol. The molecule has 4 heteroatoms. The molecule has 0 bridgehead atoms. The van der Waals surface area contributed by atoms with E-state index in [0.29, 0.717) is 17.9 Å². The van der Waals surface area contributed by atoms with Crippen molar-refractivity contribution in [2.75, 3.05) is 39.3 Å². The van der Waals surface area contributed by atoms with Crippen LogP contribution < -0.4 is 4.74 Å². The summed E-state index contributed by atoms with van der Waals surface area (Å²) in [5.41, 5.74) is 0.675. The van der Waals surface area contributed by atoms with E-state index in [-0.39, 0.29) is 5.91 Å². The molecule has 1 amide bonds. The Morgan fingerprint density at radius 1 is 1.16 bits per heavy atom. The maximum atomic E-state index is 12.5. The minimum absolute atomic E-state index is 0.0832. The molecule has 4 nitrogen and oxygen atoms in total. The number of piperazine rings is 1. The van der Waals surface area contributed by atoms with Crippen LogP contribution in [0, 0.1) is 0 Å². The van der Waals surface area contributed by atoms with Gasteiger partial charge in [0.15, 0.2) is 0 Å². The van der Waals surface area contributed by atoms with E-state index in [0.717, 1.165) is 32.7 Å². The predicted octanol–water partition coefficient (Wildman–Crippen LogP) is 1.86. The van der Waals surface area contributed by atoms with Crippen molar-refractivity contribution >= 4 is 5.91 Å². The smallest absolute Gasteiger partial charge is 0.257 e. The lowest BCUT2D eigenvalue weighted by atomic mass is 10.1. The molecule has 0 unspecified atom stereocenters. The standard InChI is InChI=1S/C15H22N2O2/c1-3-16-9-11-17(12-10-16)15(18)13-7-5-6-8-14(13)19-4-2/h5-8H,3-4,9-12H2,1-2H3. The van der Waals surface area contributed by atoms with Crippen molar-refractivity contribution in [2.24, 2.45) is 0 Å². The second-order valence-corrected chi connectivity index (χ2v) is 4.66. The van der Waals surface area contributed by atoms with Crippen molar-refractivity contribution in [1.29, 1.82) is 0 Å². The van der Waals surface area contributed by atoms with Gasteiger partial charge in [-0.15, -0.1) is 0 Å². The first-order valence-corrected chi connectivity index (χ1v) is 6.99. The molecular formula is C15H22N2O2. The summed E-state index contributed by atoms with van der Waals surface area (Å²) in [6.07, 6.45) is 0. The third-order valence-corrected chi connectivity index (χ3v) is 3.52. The number of carbonyl (C=O) groups excluding carboxylic acids is 1. The van der Waals surface area contributed by atoms with Crippen LogP contribution in [-0.4, -0.2) is 55.0 Å². The molecule has 0 spiro atoms. The highest BCUT2D eigenvalue weighted by Crippen LogP contribution is 2.20. The van der Waals surface area contributed by atoms with Gasteiger partial charge in [0.2, 0.25) is 0 Å². The van der Waals surface area contributed by atoms with Crippen LogP contribution in [0.1, 0.15) is 24.2 Å². The summed E-state index contributed by atoms with van der Waals surface area (Å²) < 4.78 is 5.53. The lowest BCUT2D eigenvalue weighted by Crippen LogP contribution is -2.48. The summed E-state index contributed by atoms with van der Waals surface area (Å²) in [5, 5.41) is 0. The third-order valence-electron chi connectivity index (χ3n) is 3.52. The van der Waals surface area contributed by atoms with Gasteiger partial charge in [0.1, 0.15) is 5.75 Å². The predicted molar refractivity (Wildman–Crippen MR) is 75.6 cm³/mol. The normalized spacial score (nSPS) is 16.4. The van der Waals surface area contributed by atoms with E-state index in [2.05, 4.69) is 11.8 Å². The monoisotopic (exact) mass is 262 g/mol. The summed E-state index contributed by atoms with van der Waals surface area (Å²) in [7, 11) is 0. The van der Waals surface area contributed by atoms with Crippen LogP contribution >= 0.6 is 0 Å². The van der Waals surface area contributed by atoms with Crippen molar-refractivity contribution in [3.63, 3.8) is 0 Å². The van der Waals surface area contributed by atoms with Crippen LogP contribution in [0.4, 0.5) is 0 Å². The van der Waals surface area contributed by atoms with Gasteiger partial charge < -0.3 is 14.5 Å². The third kappa shape index (κ3) is 3.26. The number of rotatable bonds is 4. The Kier molecular flexibility index (Phi) is 4.80. The van der Waals surface area contributed by atoms with Crippen LogP contribution in [0.3, 0.4) is 0 Å². The number of hydrogen-bond donors (Lipinski definition) is 0. The number of para-hydroxylation sites is 1. The Hall–Kier alpha value is -1.55. The molecule has 1 saturated heterocycles. The number of carbonyl (C=O) groups is 1. The highest BCUT2D eigenvalue weighted by Gasteiger charge is 2.23. The second kappa shape index (κ2) is 6.57. The van der Waals surface area contributed by atoms with Crippen molar-refractivity contribution in [3.05, 3.63) is 29.8 Å². The van der Waals surface area contributed by atoms with Crippen molar-refractivity contribution in [2.45, 2.75) is 13.8 Å². The minimum atomic E-state index is 0.0832. The van der Waals surface area contributed by atoms with Gasteiger partial charge >= 0.3 is 0 Å². The first-order chi connectivity index (χ1) is 9.26. The quantitative estimate of drug-likeness (QED) is 0.830. The Labute approximate surface area is 115 Å². The van der Waals surface area contributed by atoms with Crippen LogP contribution in [0.2, 0.25) is 0 Å². The number of ether oxygens (including phenoxy) is 1. The van der Waals surface area contributed by atoms with Crippen LogP contribution in [-0.2, 0) is 0 Å². The van der Waals surface area contributed by atoms with Gasteiger partial charge in [0, 0.05) is 26.2 Å². The van der Waals surface area contributed by atoms with E-state index in [1.165, 1.54) is 0 Å². The zero-order chi connectivity index (χ0) is 13.7. The van der Waals surface area contributed by atoms with Gasteiger partial charge in [-0.3, -0.25) is 4.79 Å². The van der Waals surface area contributed by atoms with E-state index >= 15 is 0 Å².